The van der Waals surface area contributed by atoms with Crippen molar-refractivity contribution in [1.29, 1.82) is 0 Å². The predicted molar refractivity (Wildman–Crippen MR) is 123 cm³/mol. The van der Waals surface area contributed by atoms with E-state index in [1.807, 2.05) is 19.3 Å². The SMILES string of the molecule is [2H]C([2H])([2H])Oc1ccc(-c2c(=O)n(-c3ccc4nn(C)cc4c3)nc3ccc(OCCF)nc23)cc1. The number of fused-ring (bicyclic) bond motifs is 2. The van der Waals surface area contributed by atoms with Gasteiger partial charge in [-0.05, 0) is 42.0 Å². The first-order valence-electron chi connectivity index (χ1n) is 11.6. The first-order valence-corrected chi connectivity index (χ1v) is 10.1. The minimum absolute atomic E-state index is 0.124. The Bertz CT molecular complexity index is 1630. The zero-order valence-corrected chi connectivity index (χ0v) is 17.5. The van der Waals surface area contributed by atoms with Crippen LogP contribution in [0.15, 0.2) is 65.6 Å². The van der Waals surface area contributed by atoms with E-state index in [1.165, 1.54) is 16.8 Å². The van der Waals surface area contributed by atoms with Crippen LogP contribution in [-0.4, -0.2) is 44.9 Å². The predicted octanol–water partition coefficient (Wildman–Crippen LogP) is 3.69. The topological polar surface area (TPSA) is 84.1 Å². The smallest absolute Gasteiger partial charge is 0.281 e. The average Bonchev–Trinajstić information content (AvgIpc) is 3.21. The van der Waals surface area contributed by atoms with Gasteiger partial charge in [0.1, 0.15) is 30.1 Å². The summed E-state index contributed by atoms with van der Waals surface area (Å²) in [5.74, 6) is 0.277. The second kappa shape index (κ2) is 8.34. The Labute approximate surface area is 192 Å². The summed E-state index contributed by atoms with van der Waals surface area (Å²) < 4.78 is 47.7. The highest BCUT2D eigenvalue weighted by Crippen LogP contribution is 2.27. The van der Waals surface area contributed by atoms with Gasteiger partial charge in [0.25, 0.3) is 5.56 Å². The molecule has 0 atom stereocenters. The molecule has 0 aliphatic heterocycles. The van der Waals surface area contributed by atoms with Gasteiger partial charge in [0.2, 0.25) is 5.88 Å². The van der Waals surface area contributed by atoms with Crippen LogP contribution in [0, 0.1) is 0 Å². The van der Waals surface area contributed by atoms with Gasteiger partial charge >= 0.3 is 0 Å². The third kappa shape index (κ3) is 3.78. The van der Waals surface area contributed by atoms with Gasteiger partial charge in [-0.2, -0.15) is 14.9 Å². The molecule has 33 heavy (non-hydrogen) atoms. The Morgan fingerprint density at radius 1 is 1.06 bits per heavy atom. The van der Waals surface area contributed by atoms with Gasteiger partial charge < -0.3 is 9.47 Å². The van der Waals surface area contributed by atoms with E-state index in [-0.39, 0.29) is 29.3 Å². The molecule has 3 aromatic heterocycles. The molecule has 0 amide bonds. The molecule has 0 bridgehead atoms. The number of ether oxygens (including phenoxy) is 2. The van der Waals surface area contributed by atoms with E-state index in [9.17, 15) is 9.18 Å². The van der Waals surface area contributed by atoms with Gasteiger partial charge in [0.05, 0.1) is 27.9 Å². The van der Waals surface area contributed by atoms with Gasteiger partial charge in [-0.25, -0.2) is 9.37 Å². The zero-order valence-electron chi connectivity index (χ0n) is 20.5. The highest BCUT2D eigenvalue weighted by molar-refractivity contribution is 5.91. The molecule has 0 spiro atoms. The molecule has 8 nitrogen and oxygen atoms in total. The molecule has 0 saturated carbocycles. The molecule has 0 aliphatic rings. The normalized spacial score (nSPS) is 13.0. The molecular formula is C24H20FN5O3. The van der Waals surface area contributed by atoms with Crippen molar-refractivity contribution in [2.24, 2.45) is 7.05 Å². The van der Waals surface area contributed by atoms with Gasteiger partial charge in [-0.1, -0.05) is 12.1 Å². The third-order valence-corrected chi connectivity index (χ3v) is 5.13. The Hall–Kier alpha value is -4.27. The van der Waals surface area contributed by atoms with Crippen LogP contribution in [0.2, 0.25) is 0 Å². The van der Waals surface area contributed by atoms with Crippen molar-refractivity contribution in [2.45, 2.75) is 0 Å². The Morgan fingerprint density at radius 3 is 2.67 bits per heavy atom. The summed E-state index contributed by atoms with van der Waals surface area (Å²) in [5.41, 5.74) is 2.21. The number of hydrogen-bond donors (Lipinski definition) is 0. The quantitative estimate of drug-likeness (QED) is 0.394. The fraction of sp³-hybridized carbons (Fsp3) is 0.167. The number of hydrogen-bond acceptors (Lipinski definition) is 6. The van der Waals surface area contributed by atoms with Crippen LogP contribution < -0.4 is 15.0 Å². The first kappa shape index (κ1) is 17.3. The number of benzene rings is 2. The highest BCUT2D eigenvalue weighted by Gasteiger charge is 2.18. The van der Waals surface area contributed by atoms with Crippen LogP contribution in [-0.2, 0) is 7.05 Å². The summed E-state index contributed by atoms with van der Waals surface area (Å²) in [6, 6.07) is 14.6. The number of nitrogens with zero attached hydrogens (tertiary/aromatic N) is 5. The summed E-state index contributed by atoms with van der Waals surface area (Å²) in [5, 5.41) is 9.72. The number of rotatable bonds is 6. The van der Waals surface area contributed by atoms with Crippen LogP contribution in [0.4, 0.5) is 4.39 Å². The summed E-state index contributed by atoms with van der Waals surface area (Å²) in [6.45, 7) is -0.862. The van der Waals surface area contributed by atoms with E-state index in [1.54, 1.807) is 41.1 Å². The number of pyridine rings is 1. The van der Waals surface area contributed by atoms with Crippen molar-refractivity contribution in [3.8, 4) is 28.4 Å². The molecule has 0 aliphatic carbocycles. The molecular weight excluding hydrogens is 425 g/mol. The largest absolute Gasteiger partial charge is 0.497 e. The lowest BCUT2D eigenvalue weighted by Crippen LogP contribution is -2.23. The van der Waals surface area contributed by atoms with Crippen LogP contribution in [0.5, 0.6) is 11.6 Å². The van der Waals surface area contributed by atoms with Crippen LogP contribution in [0.25, 0.3) is 38.8 Å². The van der Waals surface area contributed by atoms with Crippen molar-refractivity contribution in [3.63, 3.8) is 0 Å². The molecule has 0 radical (unpaired) electrons. The van der Waals surface area contributed by atoms with Crippen LogP contribution in [0.1, 0.15) is 4.11 Å². The van der Waals surface area contributed by atoms with E-state index in [4.69, 9.17) is 13.6 Å². The summed E-state index contributed by atoms with van der Waals surface area (Å²) in [4.78, 5) is 18.2. The standard InChI is InChI=1S/C24H20FN5O3/c1-29-14-16-13-17(5-8-19(16)27-29)30-24(31)22(15-3-6-18(32-2)7-4-15)23-20(28-30)9-10-21(26-23)33-12-11-25/h3-10,13-14H,11-12H2,1-2H3/i2D3. The van der Waals surface area contributed by atoms with E-state index >= 15 is 0 Å². The molecule has 5 aromatic rings. The maximum atomic E-state index is 13.8. The molecule has 0 fully saturated rings. The van der Waals surface area contributed by atoms with E-state index in [0.29, 0.717) is 16.8 Å². The first-order chi connectivity index (χ1) is 17.2. The van der Waals surface area contributed by atoms with Gasteiger partial charge in [-0.15, -0.1) is 0 Å². The second-order valence-corrected chi connectivity index (χ2v) is 7.32. The third-order valence-electron chi connectivity index (χ3n) is 5.13. The highest BCUT2D eigenvalue weighted by atomic mass is 19.1. The molecule has 9 heteroatoms. The number of methoxy groups -OCH3 is 1. The molecule has 0 N–H and O–H groups in total. The molecule has 0 saturated heterocycles. The fourth-order valence-electron chi connectivity index (χ4n) is 3.68. The monoisotopic (exact) mass is 448 g/mol. The lowest BCUT2D eigenvalue weighted by atomic mass is 10.1. The lowest BCUT2D eigenvalue weighted by Gasteiger charge is -2.12. The summed E-state index contributed by atoms with van der Waals surface area (Å²) >= 11 is 0. The van der Waals surface area contributed by atoms with Gasteiger partial charge in [-0.3, -0.25) is 9.48 Å². The lowest BCUT2D eigenvalue weighted by molar-refractivity contribution is 0.265. The number of alkyl halides is 1. The number of halogens is 1. The van der Waals surface area contributed by atoms with Crippen LogP contribution >= 0.6 is 0 Å². The van der Waals surface area contributed by atoms with Gasteiger partial charge in [0.15, 0.2) is 0 Å². The van der Waals surface area contributed by atoms with Crippen molar-refractivity contribution < 1.29 is 18.0 Å². The summed E-state index contributed by atoms with van der Waals surface area (Å²) in [7, 11) is -0.793. The Morgan fingerprint density at radius 2 is 1.88 bits per heavy atom. The fourth-order valence-corrected chi connectivity index (χ4v) is 3.68. The minimum Gasteiger partial charge on any atom is -0.497 e. The van der Waals surface area contributed by atoms with Gasteiger partial charge in [0, 0.05) is 24.7 Å². The molecule has 3 heterocycles. The maximum absolute atomic E-state index is 13.8. The molecule has 166 valence electrons. The Balaban J connectivity index is 1.70. The second-order valence-electron chi connectivity index (χ2n) is 7.32. The Kier molecular flexibility index (Phi) is 4.38. The van der Waals surface area contributed by atoms with E-state index < -0.39 is 19.3 Å². The van der Waals surface area contributed by atoms with Crippen molar-refractivity contribution in [3.05, 3.63) is 71.1 Å². The van der Waals surface area contributed by atoms with E-state index in [2.05, 4.69) is 15.2 Å². The van der Waals surface area contributed by atoms with Crippen LogP contribution in [0.3, 0.4) is 0 Å². The summed E-state index contributed by atoms with van der Waals surface area (Å²) in [6.07, 6.45) is 1.84. The molecule has 5 rings (SSSR count). The average molecular weight is 448 g/mol. The minimum atomic E-state index is -2.60. The van der Waals surface area contributed by atoms with Crippen molar-refractivity contribution >= 4 is 21.9 Å². The number of aryl methyl sites for hydroxylation is 1. The zero-order chi connectivity index (χ0) is 25.4. The van der Waals surface area contributed by atoms with E-state index in [0.717, 1.165) is 10.9 Å². The molecule has 0 unspecified atom stereocenters. The molecule has 2 aromatic carbocycles. The maximum Gasteiger partial charge on any atom is 0.281 e. The van der Waals surface area contributed by atoms with Crippen molar-refractivity contribution in [1.82, 2.24) is 24.5 Å². The number of aromatic nitrogens is 5. The van der Waals surface area contributed by atoms with Crippen molar-refractivity contribution in [2.75, 3.05) is 20.3 Å².